The summed E-state index contributed by atoms with van der Waals surface area (Å²) in [5.74, 6) is -0.626. The van der Waals surface area contributed by atoms with Crippen LogP contribution < -0.4 is 10.6 Å². The van der Waals surface area contributed by atoms with Gasteiger partial charge in [-0.25, -0.2) is 9.59 Å². The molecule has 0 saturated carbocycles. The van der Waals surface area contributed by atoms with Crippen LogP contribution in [0.1, 0.15) is 32.4 Å². The maximum atomic E-state index is 12.5. The molecule has 140 valence electrons. The van der Waals surface area contributed by atoms with Crippen molar-refractivity contribution in [2.24, 2.45) is 0 Å². The number of amides is 2. The zero-order valence-corrected chi connectivity index (χ0v) is 14.8. The number of carbonyl (C=O) groups excluding carboxylic acids is 2. The molecule has 0 aromatic heterocycles. The van der Waals surface area contributed by atoms with Gasteiger partial charge in [0.25, 0.3) is 5.69 Å². The molecule has 0 unspecified atom stereocenters. The molecule has 0 bridgehead atoms. The lowest BCUT2D eigenvalue weighted by molar-refractivity contribution is -0.384. The first-order valence-corrected chi connectivity index (χ1v) is 8.11. The fourth-order valence-electron chi connectivity index (χ4n) is 2.53. The number of carbonyl (C=O) groups is 2. The third kappa shape index (κ3) is 4.79. The molecule has 0 radical (unpaired) electrons. The van der Waals surface area contributed by atoms with Crippen molar-refractivity contribution in [3.63, 3.8) is 0 Å². The third-order valence-electron chi connectivity index (χ3n) is 3.67. The number of hydrogen-bond acceptors (Lipinski definition) is 6. The van der Waals surface area contributed by atoms with E-state index in [1.807, 2.05) is 13.8 Å². The summed E-state index contributed by atoms with van der Waals surface area (Å²) >= 11 is 0. The van der Waals surface area contributed by atoms with Crippen LogP contribution >= 0.6 is 0 Å². The van der Waals surface area contributed by atoms with Gasteiger partial charge in [-0.15, -0.1) is 0 Å². The summed E-state index contributed by atoms with van der Waals surface area (Å²) in [4.78, 5) is 34.8. The summed E-state index contributed by atoms with van der Waals surface area (Å²) in [7, 11) is 0. The quantitative estimate of drug-likeness (QED) is 0.332. The molecule has 2 amide bonds. The maximum absolute atomic E-state index is 12.5. The number of nitrogens with one attached hydrogen (secondary N) is 2. The summed E-state index contributed by atoms with van der Waals surface area (Å²) in [6.45, 7) is 5.62. The van der Waals surface area contributed by atoms with E-state index >= 15 is 0 Å². The molecule has 1 aliphatic rings. The van der Waals surface area contributed by atoms with Crippen LogP contribution in [0.3, 0.4) is 0 Å². The molecule has 2 rings (SSSR count). The second-order valence-electron chi connectivity index (χ2n) is 5.98. The fourth-order valence-corrected chi connectivity index (χ4v) is 2.53. The Morgan fingerprint density at radius 1 is 1.35 bits per heavy atom. The van der Waals surface area contributed by atoms with Gasteiger partial charge < -0.3 is 20.1 Å². The lowest BCUT2D eigenvalue weighted by Crippen LogP contribution is -2.45. The predicted molar refractivity (Wildman–Crippen MR) is 92.3 cm³/mol. The molecule has 9 heteroatoms. The van der Waals surface area contributed by atoms with Crippen molar-refractivity contribution in [1.82, 2.24) is 10.6 Å². The van der Waals surface area contributed by atoms with Crippen LogP contribution in [-0.4, -0.2) is 36.2 Å². The summed E-state index contributed by atoms with van der Waals surface area (Å²) in [6, 6.07) is 4.41. The van der Waals surface area contributed by atoms with Crippen molar-refractivity contribution in [3.8, 4) is 0 Å². The molecule has 2 N–H and O–H groups in total. The van der Waals surface area contributed by atoms with E-state index in [2.05, 4.69) is 10.6 Å². The van der Waals surface area contributed by atoms with Gasteiger partial charge in [-0.1, -0.05) is 12.1 Å². The van der Waals surface area contributed by atoms with Crippen molar-refractivity contribution in [1.29, 1.82) is 0 Å². The Morgan fingerprint density at radius 3 is 2.73 bits per heavy atom. The fraction of sp³-hybridized carbons (Fsp3) is 0.412. The molecule has 26 heavy (non-hydrogen) atoms. The Labute approximate surface area is 150 Å². The molecule has 1 atom stereocenters. The first-order chi connectivity index (χ1) is 12.3. The van der Waals surface area contributed by atoms with Gasteiger partial charge in [0.15, 0.2) is 0 Å². The highest BCUT2D eigenvalue weighted by molar-refractivity contribution is 5.95. The Balaban J connectivity index is 2.24. The average Bonchev–Trinajstić information content (AvgIpc) is 2.57. The summed E-state index contributed by atoms with van der Waals surface area (Å²) in [5.41, 5.74) is 0.805. The van der Waals surface area contributed by atoms with Gasteiger partial charge in [-0.2, -0.15) is 0 Å². The predicted octanol–water partition coefficient (Wildman–Crippen LogP) is 2.19. The molecule has 0 aliphatic carbocycles. The number of rotatable bonds is 7. The highest BCUT2D eigenvalue weighted by Crippen LogP contribution is 2.29. The normalized spacial score (nSPS) is 16.9. The van der Waals surface area contributed by atoms with Crippen LogP contribution in [0.15, 0.2) is 35.5 Å². The number of allylic oxidation sites excluding steroid dienone is 1. The molecule has 1 heterocycles. The highest BCUT2D eigenvalue weighted by Gasteiger charge is 2.32. The second kappa shape index (κ2) is 8.43. The average molecular weight is 363 g/mol. The van der Waals surface area contributed by atoms with E-state index in [9.17, 15) is 19.7 Å². The number of ether oxygens (including phenoxy) is 2. The van der Waals surface area contributed by atoms with Gasteiger partial charge in [0.1, 0.15) is 6.61 Å². The number of urea groups is 1. The molecular formula is C17H21N3O6. The Hall–Kier alpha value is -2.94. The van der Waals surface area contributed by atoms with Crippen molar-refractivity contribution < 1.29 is 24.0 Å². The van der Waals surface area contributed by atoms with E-state index in [0.717, 1.165) is 0 Å². The Kier molecular flexibility index (Phi) is 6.29. The molecule has 1 aromatic rings. The lowest BCUT2D eigenvalue weighted by atomic mass is 9.95. The molecule has 0 saturated heterocycles. The largest absolute Gasteiger partial charge is 0.460 e. The Bertz CT molecular complexity index is 744. The number of hydrogen-bond donors (Lipinski definition) is 2. The maximum Gasteiger partial charge on any atom is 0.338 e. The second-order valence-corrected chi connectivity index (χ2v) is 5.98. The van der Waals surface area contributed by atoms with Crippen LogP contribution in [0.2, 0.25) is 0 Å². The smallest absolute Gasteiger partial charge is 0.338 e. The van der Waals surface area contributed by atoms with E-state index in [0.29, 0.717) is 11.3 Å². The number of benzene rings is 1. The topological polar surface area (TPSA) is 120 Å². The number of esters is 1. The van der Waals surface area contributed by atoms with Crippen LogP contribution in [0.4, 0.5) is 10.5 Å². The van der Waals surface area contributed by atoms with E-state index in [1.54, 1.807) is 13.0 Å². The van der Waals surface area contributed by atoms with Gasteiger partial charge in [0, 0.05) is 17.8 Å². The van der Waals surface area contributed by atoms with Crippen LogP contribution in [0, 0.1) is 10.1 Å². The van der Waals surface area contributed by atoms with Gasteiger partial charge in [-0.3, -0.25) is 10.1 Å². The molecule has 1 aliphatic heterocycles. The molecular weight excluding hydrogens is 342 g/mol. The molecule has 0 fully saturated rings. The summed E-state index contributed by atoms with van der Waals surface area (Å²) in [5, 5.41) is 16.1. The van der Waals surface area contributed by atoms with E-state index in [1.165, 1.54) is 18.2 Å². The number of non-ortho nitro benzene ring substituents is 1. The SMILES string of the molecule is CC1=C(C(=O)OCCOC(C)C)[C@@H](c2cccc([N+](=O)[O-])c2)NC(=O)N1. The van der Waals surface area contributed by atoms with Crippen LogP contribution in [0.25, 0.3) is 0 Å². The number of nitro benzene ring substituents is 1. The minimum Gasteiger partial charge on any atom is -0.460 e. The first-order valence-electron chi connectivity index (χ1n) is 8.11. The molecule has 9 nitrogen and oxygen atoms in total. The highest BCUT2D eigenvalue weighted by atomic mass is 16.6. The minimum absolute atomic E-state index is 0.0166. The van der Waals surface area contributed by atoms with Crippen molar-refractivity contribution in [2.45, 2.75) is 32.9 Å². The van der Waals surface area contributed by atoms with Gasteiger partial charge in [-0.05, 0) is 26.3 Å². The standard InChI is InChI=1S/C17H21N3O6/c1-10(2)25-7-8-26-16(21)14-11(3)18-17(22)19-15(14)12-5-4-6-13(9-12)20(23)24/h4-6,9-10,15H,7-8H2,1-3H3,(H2,18,19,22)/t15-/m1/s1. The van der Waals surface area contributed by atoms with Crippen molar-refractivity contribution in [3.05, 3.63) is 51.2 Å². The monoisotopic (exact) mass is 363 g/mol. The first kappa shape index (κ1) is 19.4. The van der Waals surface area contributed by atoms with Crippen LogP contribution in [0.5, 0.6) is 0 Å². The molecule has 1 aromatic carbocycles. The zero-order chi connectivity index (χ0) is 19.3. The van der Waals surface area contributed by atoms with E-state index < -0.39 is 23.0 Å². The number of nitrogens with zero attached hydrogens (tertiary/aromatic N) is 1. The van der Waals surface area contributed by atoms with Gasteiger partial charge in [0.05, 0.1) is 29.2 Å². The van der Waals surface area contributed by atoms with E-state index in [4.69, 9.17) is 9.47 Å². The van der Waals surface area contributed by atoms with Crippen molar-refractivity contribution >= 4 is 17.7 Å². The minimum atomic E-state index is -0.845. The van der Waals surface area contributed by atoms with Gasteiger partial charge in [0.2, 0.25) is 0 Å². The van der Waals surface area contributed by atoms with Crippen LogP contribution in [-0.2, 0) is 14.3 Å². The van der Waals surface area contributed by atoms with Gasteiger partial charge >= 0.3 is 12.0 Å². The summed E-state index contributed by atoms with van der Waals surface area (Å²) < 4.78 is 10.5. The lowest BCUT2D eigenvalue weighted by Gasteiger charge is -2.28. The Morgan fingerprint density at radius 2 is 2.08 bits per heavy atom. The number of nitro groups is 1. The summed E-state index contributed by atoms with van der Waals surface area (Å²) in [6.07, 6.45) is 0.0166. The van der Waals surface area contributed by atoms with E-state index in [-0.39, 0.29) is 30.6 Å². The third-order valence-corrected chi connectivity index (χ3v) is 3.67. The molecule has 0 spiro atoms. The van der Waals surface area contributed by atoms with Crippen molar-refractivity contribution in [2.75, 3.05) is 13.2 Å². The zero-order valence-electron chi connectivity index (χ0n) is 14.8.